The number of hydrogen-bond acceptors (Lipinski definition) is 2. The third-order valence-electron chi connectivity index (χ3n) is 2.91. The van der Waals surface area contributed by atoms with E-state index in [0.29, 0.717) is 10.1 Å². The molecular weight excluding hydrogens is 308 g/mol. The predicted molar refractivity (Wildman–Crippen MR) is 93.2 cm³/mol. The number of halogens is 1. The van der Waals surface area contributed by atoms with Gasteiger partial charge in [0.25, 0.3) is 0 Å². The van der Waals surface area contributed by atoms with Crippen LogP contribution in [0.5, 0.6) is 0 Å². The SMILES string of the molecule is Cc1cc(C)c(NC(=S)NCCc2cccs2)c(Cl)c1. The molecule has 2 nitrogen and oxygen atoms in total. The van der Waals surface area contributed by atoms with Crippen molar-refractivity contribution in [3.05, 3.63) is 50.7 Å². The van der Waals surface area contributed by atoms with Crippen LogP contribution >= 0.6 is 35.2 Å². The minimum Gasteiger partial charge on any atom is -0.362 e. The third-order valence-corrected chi connectivity index (χ3v) is 4.39. The van der Waals surface area contributed by atoms with E-state index in [2.05, 4.69) is 34.2 Å². The summed E-state index contributed by atoms with van der Waals surface area (Å²) in [6.45, 7) is 4.87. The van der Waals surface area contributed by atoms with E-state index in [1.165, 1.54) is 4.88 Å². The Balaban J connectivity index is 1.88. The number of aryl methyl sites for hydroxylation is 2. The van der Waals surface area contributed by atoms with Gasteiger partial charge in [-0.3, -0.25) is 0 Å². The molecule has 1 heterocycles. The van der Waals surface area contributed by atoms with Crippen LogP contribution in [0.15, 0.2) is 29.6 Å². The van der Waals surface area contributed by atoms with E-state index in [-0.39, 0.29) is 0 Å². The highest BCUT2D eigenvalue weighted by Gasteiger charge is 2.07. The molecular formula is C15H17ClN2S2. The van der Waals surface area contributed by atoms with Crippen LogP contribution in [0.25, 0.3) is 0 Å². The maximum absolute atomic E-state index is 6.25. The lowest BCUT2D eigenvalue weighted by Gasteiger charge is -2.14. The maximum Gasteiger partial charge on any atom is 0.170 e. The molecule has 106 valence electrons. The minimum absolute atomic E-state index is 0.607. The molecule has 1 aromatic heterocycles. The fourth-order valence-electron chi connectivity index (χ4n) is 1.99. The van der Waals surface area contributed by atoms with Gasteiger partial charge in [-0.2, -0.15) is 0 Å². The Kier molecular flexibility index (Phi) is 5.40. The molecule has 20 heavy (non-hydrogen) atoms. The molecule has 0 atom stereocenters. The van der Waals surface area contributed by atoms with E-state index in [4.69, 9.17) is 23.8 Å². The van der Waals surface area contributed by atoms with Gasteiger partial charge in [0.1, 0.15) is 0 Å². The van der Waals surface area contributed by atoms with Gasteiger partial charge in [0.15, 0.2) is 5.11 Å². The van der Waals surface area contributed by atoms with Crippen LogP contribution in [0.1, 0.15) is 16.0 Å². The summed E-state index contributed by atoms with van der Waals surface area (Å²) < 4.78 is 0. The molecule has 0 amide bonds. The van der Waals surface area contributed by atoms with Crippen LogP contribution < -0.4 is 10.6 Å². The Morgan fingerprint density at radius 3 is 2.80 bits per heavy atom. The van der Waals surface area contributed by atoms with Crippen LogP contribution in [0.2, 0.25) is 5.02 Å². The van der Waals surface area contributed by atoms with Gasteiger partial charge in [0, 0.05) is 11.4 Å². The number of thiocarbonyl (C=S) groups is 1. The summed E-state index contributed by atoms with van der Waals surface area (Å²) in [5, 5.41) is 9.77. The average Bonchev–Trinajstić information content (AvgIpc) is 2.87. The molecule has 0 aliphatic carbocycles. The van der Waals surface area contributed by atoms with E-state index in [0.717, 1.165) is 29.8 Å². The zero-order valence-corrected chi connectivity index (χ0v) is 13.9. The van der Waals surface area contributed by atoms with Crippen LogP contribution in [0, 0.1) is 13.8 Å². The Morgan fingerprint density at radius 2 is 2.15 bits per heavy atom. The van der Waals surface area contributed by atoms with Crippen molar-refractivity contribution in [2.24, 2.45) is 0 Å². The Labute approximate surface area is 134 Å². The van der Waals surface area contributed by atoms with Gasteiger partial charge < -0.3 is 10.6 Å². The standard InChI is InChI=1S/C15H17ClN2S2/c1-10-8-11(2)14(13(16)9-10)18-15(19)17-6-5-12-4-3-7-20-12/h3-4,7-9H,5-6H2,1-2H3,(H2,17,18,19). The summed E-state index contributed by atoms with van der Waals surface area (Å²) >= 11 is 13.3. The molecule has 2 N–H and O–H groups in total. The van der Waals surface area contributed by atoms with E-state index < -0.39 is 0 Å². The number of nitrogens with one attached hydrogen (secondary N) is 2. The minimum atomic E-state index is 0.607. The van der Waals surface area contributed by atoms with E-state index >= 15 is 0 Å². The summed E-state index contributed by atoms with van der Waals surface area (Å²) in [4.78, 5) is 1.35. The van der Waals surface area contributed by atoms with Crippen molar-refractivity contribution in [1.29, 1.82) is 0 Å². The van der Waals surface area contributed by atoms with E-state index in [1.807, 2.05) is 19.9 Å². The van der Waals surface area contributed by atoms with Crippen molar-refractivity contribution >= 4 is 46.0 Å². The van der Waals surface area contributed by atoms with Gasteiger partial charge in [-0.15, -0.1) is 11.3 Å². The predicted octanol–water partition coefficient (Wildman–Crippen LogP) is 4.55. The second kappa shape index (κ2) is 7.07. The van der Waals surface area contributed by atoms with Crippen molar-refractivity contribution in [2.75, 3.05) is 11.9 Å². The first kappa shape index (κ1) is 15.3. The van der Waals surface area contributed by atoms with Gasteiger partial charge in [-0.25, -0.2) is 0 Å². The largest absolute Gasteiger partial charge is 0.362 e. The second-order valence-corrected chi connectivity index (χ2v) is 6.50. The second-order valence-electron chi connectivity index (χ2n) is 4.65. The molecule has 1 aromatic carbocycles. The molecule has 0 fully saturated rings. The lowest BCUT2D eigenvalue weighted by atomic mass is 10.1. The van der Waals surface area contributed by atoms with Crippen molar-refractivity contribution in [3.63, 3.8) is 0 Å². The number of benzene rings is 1. The highest BCUT2D eigenvalue weighted by Crippen LogP contribution is 2.27. The lowest BCUT2D eigenvalue weighted by molar-refractivity contribution is 0.885. The first-order valence-electron chi connectivity index (χ1n) is 6.40. The van der Waals surface area contributed by atoms with Crippen molar-refractivity contribution < 1.29 is 0 Å². The lowest BCUT2D eigenvalue weighted by Crippen LogP contribution is -2.30. The Hall–Kier alpha value is -1.10. The molecule has 2 rings (SSSR count). The van der Waals surface area contributed by atoms with Crippen LogP contribution in [-0.4, -0.2) is 11.7 Å². The highest BCUT2D eigenvalue weighted by atomic mass is 35.5. The van der Waals surface area contributed by atoms with Crippen molar-refractivity contribution in [3.8, 4) is 0 Å². The summed E-state index contributed by atoms with van der Waals surface area (Å²) in [7, 11) is 0. The smallest absolute Gasteiger partial charge is 0.170 e. The molecule has 0 radical (unpaired) electrons. The molecule has 0 unspecified atom stereocenters. The van der Waals surface area contributed by atoms with E-state index in [1.54, 1.807) is 11.3 Å². The average molecular weight is 325 g/mol. The van der Waals surface area contributed by atoms with Crippen molar-refractivity contribution in [2.45, 2.75) is 20.3 Å². The zero-order chi connectivity index (χ0) is 14.5. The van der Waals surface area contributed by atoms with Crippen LogP contribution in [0.4, 0.5) is 5.69 Å². The Bertz CT molecular complexity index is 571. The number of hydrogen-bond donors (Lipinski definition) is 2. The zero-order valence-electron chi connectivity index (χ0n) is 11.5. The topological polar surface area (TPSA) is 24.1 Å². The molecule has 5 heteroatoms. The normalized spacial score (nSPS) is 10.3. The van der Waals surface area contributed by atoms with Crippen molar-refractivity contribution in [1.82, 2.24) is 5.32 Å². The molecule has 0 bridgehead atoms. The van der Waals surface area contributed by atoms with Gasteiger partial charge >= 0.3 is 0 Å². The Morgan fingerprint density at radius 1 is 1.35 bits per heavy atom. The van der Waals surface area contributed by atoms with Gasteiger partial charge in [0.05, 0.1) is 10.7 Å². The number of anilines is 1. The van der Waals surface area contributed by atoms with Gasteiger partial charge in [0.2, 0.25) is 0 Å². The van der Waals surface area contributed by atoms with Crippen LogP contribution in [0.3, 0.4) is 0 Å². The molecule has 0 spiro atoms. The number of rotatable bonds is 4. The third kappa shape index (κ3) is 4.20. The molecule has 2 aromatic rings. The molecule has 0 aliphatic rings. The summed E-state index contributed by atoms with van der Waals surface area (Å²) in [5.41, 5.74) is 3.12. The summed E-state index contributed by atoms with van der Waals surface area (Å²) in [6.07, 6.45) is 0.972. The van der Waals surface area contributed by atoms with Crippen LogP contribution in [-0.2, 0) is 6.42 Å². The molecule has 0 saturated carbocycles. The molecule has 0 saturated heterocycles. The quantitative estimate of drug-likeness (QED) is 0.807. The van der Waals surface area contributed by atoms with Gasteiger partial charge in [-0.05, 0) is 61.1 Å². The monoisotopic (exact) mass is 324 g/mol. The fraction of sp³-hybridized carbons (Fsp3) is 0.267. The number of thiophene rings is 1. The van der Waals surface area contributed by atoms with Gasteiger partial charge in [-0.1, -0.05) is 23.7 Å². The first-order valence-corrected chi connectivity index (χ1v) is 8.07. The maximum atomic E-state index is 6.25. The first-order chi connectivity index (χ1) is 9.56. The fourth-order valence-corrected chi connectivity index (χ4v) is 3.27. The van der Waals surface area contributed by atoms with E-state index in [9.17, 15) is 0 Å². The molecule has 0 aliphatic heterocycles. The summed E-state index contributed by atoms with van der Waals surface area (Å²) in [5.74, 6) is 0. The highest BCUT2D eigenvalue weighted by molar-refractivity contribution is 7.80. The summed E-state index contributed by atoms with van der Waals surface area (Å²) in [6, 6.07) is 8.21.